The van der Waals surface area contributed by atoms with Gasteiger partial charge in [0.25, 0.3) is 0 Å². The van der Waals surface area contributed by atoms with Gasteiger partial charge in [-0.15, -0.1) is 0 Å². The molecule has 1 atom stereocenters. The summed E-state index contributed by atoms with van der Waals surface area (Å²) in [5.41, 5.74) is 0. The second-order valence-electron chi connectivity index (χ2n) is 18.8. The van der Waals surface area contributed by atoms with Crippen LogP contribution in [0.5, 0.6) is 0 Å². The average Bonchev–Trinajstić information content (AvgIpc) is 3.33. The summed E-state index contributed by atoms with van der Waals surface area (Å²) in [5.74, 6) is -0.955. The van der Waals surface area contributed by atoms with E-state index in [1.807, 2.05) is 0 Å². The van der Waals surface area contributed by atoms with Crippen LogP contribution in [0.2, 0.25) is 0 Å². The molecule has 6 heteroatoms. The molecule has 0 N–H and O–H groups in total. The predicted octanol–water partition coefficient (Wildman–Crippen LogP) is 19.0. The second-order valence-corrected chi connectivity index (χ2v) is 18.8. The number of hydrogen-bond acceptors (Lipinski definition) is 6. The van der Waals surface area contributed by atoms with Gasteiger partial charge in [-0.2, -0.15) is 0 Å². The number of ether oxygens (including phenoxy) is 3. The lowest BCUT2D eigenvalue weighted by Crippen LogP contribution is -2.30. The molecule has 6 nitrogen and oxygen atoms in total. The first kappa shape index (κ1) is 63.8. The van der Waals surface area contributed by atoms with Crippen LogP contribution in [-0.4, -0.2) is 37.2 Å². The van der Waals surface area contributed by atoms with Crippen molar-refractivity contribution in [1.29, 1.82) is 0 Å². The predicted molar refractivity (Wildman–Crippen MR) is 288 cm³/mol. The first-order valence-corrected chi connectivity index (χ1v) is 28.4. The van der Waals surface area contributed by atoms with E-state index in [9.17, 15) is 14.4 Å². The molecular formula is C61H106O6. The van der Waals surface area contributed by atoms with Gasteiger partial charge in [0.2, 0.25) is 0 Å². The zero-order valence-corrected chi connectivity index (χ0v) is 44.2. The smallest absolute Gasteiger partial charge is 0.306 e. The first-order valence-electron chi connectivity index (χ1n) is 28.4. The maximum absolute atomic E-state index is 12.9. The molecule has 0 aliphatic heterocycles. The lowest BCUT2D eigenvalue weighted by Gasteiger charge is -2.18. The fourth-order valence-corrected chi connectivity index (χ4v) is 7.94. The van der Waals surface area contributed by atoms with Gasteiger partial charge < -0.3 is 14.2 Å². The number of rotatable bonds is 51. The van der Waals surface area contributed by atoms with E-state index in [-0.39, 0.29) is 37.5 Å². The number of carbonyl (C=O) groups excluding carboxylic acids is 3. The van der Waals surface area contributed by atoms with Crippen molar-refractivity contribution in [3.63, 3.8) is 0 Å². The molecule has 0 spiro atoms. The van der Waals surface area contributed by atoms with E-state index < -0.39 is 6.10 Å². The van der Waals surface area contributed by atoms with Crippen molar-refractivity contribution in [2.24, 2.45) is 0 Å². The Morgan fingerprint density at radius 1 is 0.313 bits per heavy atom. The lowest BCUT2D eigenvalue weighted by atomic mass is 10.0. The van der Waals surface area contributed by atoms with Gasteiger partial charge in [0.05, 0.1) is 0 Å². The van der Waals surface area contributed by atoms with Crippen molar-refractivity contribution in [3.8, 4) is 0 Å². The molecule has 0 aromatic carbocycles. The quantitative estimate of drug-likeness (QED) is 0.0262. The highest BCUT2D eigenvalue weighted by molar-refractivity contribution is 5.71. The van der Waals surface area contributed by atoms with Gasteiger partial charge in [-0.05, 0) is 83.5 Å². The normalized spacial score (nSPS) is 12.6. The topological polar surface area (TPSA) is 78.9 Å². The number of carbonyl (C=O) groups is 3. The van der Waals surface area contributed by atoms with Gasteiger partial charge in [0.15, 0.2) is 6.10 Å². The fraction of sp³-hybridized carbons (Fsp3) is 0.754. The van der Waals surface area contributed by atoms with Gasteiger partial charge in [0, 0.05) is 19.3 Å². The summed E-state index contributed by atoms with van der Waals surface area (Å²) in [6, 6.07) is 0. The largest absolute Gasteiger partial charge is 0.462 e. The molecule has 0 aromatic heterocycles. The van der Waals surface area contributed by atoms with Gasteiger partial charge in [-0.25, -0.2) is 0 Å². The van der Waals surface area contributed by atoms with E-state index in [1.165, 1.54) is 148 Å². The number of esters is 3. The highest BCUT2D eigenvalue weighted by Gasteiger charge is 2.19. The lowest BCUT2D eigenvalue weighted by molar-refractivity contribution is -0.167. The van der Waals surface area contributed by atoms with E-state index in [1.54, 1.807) is 0 Å². The molecule has 0 unspecified atom stereocenters. The Bertz CT molecular complexity index is 1260. The molecule has 67 heavy (non-hydrogen) atoms. The Morgan fingerprint density at radius 3 is 1.00 bits per heavy atom. The third kappa shape index (κ3) is 53.7. The molecule has 0 aliphatic carbocycles. The number of unbranched alkanes of at least 4 members (excludes halogenated alkanes) is 28. The molecule has 0 aliphatic rings. The first-order chi connectivity index (χ1) is 33.0. The molecule has 0 fully saturated rings. The molecule has 0 radical (unpaired) electrons. The average molecular weight is 936 g/mol. The van der Waals surface area contributed by atoms with Crippen LogP contribution in [0.15, 0.2) is 72.9 Å². The van der Waals surface area contributed by atoms with Crippen LogP contribution in [0.3, 0.4) is 0 Å². The fourth-order valence-electron chi connectivity index (χ4n) is 7.94. The van der Waals surface area contributed by atoms with E-state index in [2.05, 4.69) is 93.7 Å². The van der Waals surface area contributed by atoms with Crippen molar-refractivity contribution < 1.29 is 28.6 Å². The van der Waals surface area contributed by atoms with Crippen LogP contribution in [0.1, 0.15) is 278 Å². The van der Waals surface area contributed by atoms with Crippen LogP contribution in [0.4, 0.5) is 0 Å². The van der Waals surface area contributed by atoms with Gasteiger partial charge in [0.1, 0.15) is 13.2 Å². The Labute approximate surface area is 414 Å². The van der Waals surface area contributed by atoms with Crippen molar-refractivity contribution in [2.75, 3.05) is 13.2 Å². The van der Waals surface area contributed by atoms with Gasteiger partial charge in [-0.1, -0.05) is 248 Å². The van der Waals surface area contributed by atoms with Crippen LogP contribution >= 0.6 is 0 Å². The van der Waals surface area contributed by atoms with E-state index in [0.717, 1.165) is 83.5 Å². The van der Waals surface area contributed by atoms with Crippen molar-refractivity contribution in [1.82, 2.24) is 0 Å². The zero-order chi connectivity index (χ0) is 48.6. The maximum atomic E-state index is 12.9. The molecule has 0 amide bonds. The summed E-state index contributed by atoms with van der Waals surface area (Å²) in [7, 11) is 0. The third-order valence-electron chi connectivity index (χ3n) is 12.2. The minimum atomic E-state index is -0.800. The molecular weight excluding hydrogens is 829 g/mol. The van der Waals surface area contributed by atoms with E-state index in [0.29, 0.717) is 19.3 Å². The molecule has 386 valence electrons. The molecule has 0 aromatic rings. The van der Waals surface area contributed by atoms with Crippen molar-refractivity contribution in [2.45, 2.75) is 284 Å². The minimum Gasteiger partial charge on any atom is -0.462 e. The standard InChI is InChI=1S/C61H106O6/c1-4-7-10-13-16-19-22-25-27-29-30-32-34-37-40-43-46-49-52-55-61(64)67-58(56-65-59(62)53-50-47-44-41-38-35-24-21-18-15-12-9-6-3)57-66-60(63)54-51-48-45-42-39-36-33-31-28-26-23-20-17-14-11-8-5-2/h8,11,17,20-21,24,26,28,33,36,42,45,58H,4-7,9-10,12-16,18-19,22-23,25,27,29-32,34-35,37-41,43-44,46-57H2,1-3H3/b11-8-,20-17-,24-21-,28-26-,36-33-,45-42-/t58-/m0/s1. The minimum absolute atomic E-state index is 0.0954. The Morgan fingerprint density at radius 2 is 0.597 bits per heavy atom. The van der Waals surface area contributed by atoms with Crippen LogP contribution in [-0.2, 0) is 28.6 Å². The summed E-state index contributed by atoms with van der Waals surface area (Å²) in [6.45, 7) is 6.48. The van der Waals surface area contributed by atoms with Crippen LogP contribution < -0.4 is 0 Å². The van der Waals surface area contributed by atoms with Crippen molar-refractivity contribution in [3.05, 3.63) is 72.9 Å². The summed E-state index contributed by atoms with van der Waals surface area (Å²) < 4.78 is 16.8. The summed E-state index contributed by atoms with van der Waals surface area (Å²) >= 11 is 0. The third-order valence-corrected chi connectivity index (χ3v) is 12.2. The highest BCUT2D eigenvalue weighted by atomic mass is 16.6. The second kappa shape index (κ2) is 55.4. The van der Waals surface area contributed by atoms with Gasteiger partial charge >= 0.3 is 17.9 Å². The molecule has 0 heterocycles. The summed E-state index contributed by atoms with van der Waals surface area (Å²) in [4.78, 5) is 38.1. The Hall–Kier alpha value is -3.15. The maximum Gasteiger partial charge on any atom is 0.306 e. The number of hydrogen-bond donors (Lipinski definition) is 0. The summed E-state index contributed by atoms with van der Waals surface area (Å²) in [5, 5.41) is 0. The summed E-state index contributed by atoms with van der Waals surface area (Å²) in [6.07, 6.45) is 70.4. The van der Waals surface area contributed by atoms with Gasteiger partial charge in [-0.3, -0.25) is 14.4 Å². The zero-order valence-electron chi connectivity index (χ0n) is 44.2. The number of allylic oxidation sites excluding steroid dienone is 12. The van der Waals surface area contributed by atoms with Crippen molar-refractivity contribution >= 4 is 17.9 Å². The Balaban J connectivity index is 4.43. The van der Waals surface area contributed by atoms with E-state index in [4.69, 9.17) is 14.2 Å². The van der Waals surface area contributed by atoms with E-state index >= 15 is 0 Å². The monoisotopic (exact) mass is 935 g/mol. The molecule has 0 rings (SSSR count). The highest BCUT2D eigenvalue weighted by Crippen LogP contribution is 2.16. The Kier molecular flexibility index (Phi) is 52.8. The molecule has 0 saturated heterocycles. The SMILES string of the molecule is CC/C=C\C/C=C\C/C=C\C/C=C\C/C=C\CCCC(=O)OC[C@H](COC(=O)CCCCCCC/C=C\CCCCCC)OC(=O)CCCCCCCCCCCCCCCCCCCCC. The van der Waals surface area contributed by atoms with Crippen LogP contribution in [0, 0.1) is 0 Å². The van der Waals surface area contributed by atoms with Crippen LogP contribution in [0.25, 0.3) is 0 Å². The molecule has 0 bridgehead atoms. The molecule has 0 saturated carbocycles.